The van der Waals surface area contributed by atoms with Gasteiger partial charge in [-0.1, -0.05) is 20.8 Å². The van der Waals surface area contributed by atoms with E-state index in [1.165, 1.54) is 0 Å². The fraction of sp³-hybridized carbons (Fsp3) is 0.769. The summed E-state index contributed by atoms with van der Waals surface area (Å²) in [5.74, 6) is 0.680. The van der Waals surface area contributed by atoms with Gasteiger partial charge >= 0.3 is 0 Å². The monoisotopic (exact) mass is 266 g/mol. The van der Waals surface area contributed by atoms with Crippen molar-refractivity contribution in [2.24, 2.45) is 0 Å². The summed E-state index contributed by atoms with van der Waals surface area (Å²) in [6.45, 7) is 6.06. The molecule has 0 bridgehead atoms. The first kappa shape index (κ1) is 14.0. The van der Waals surface area contributed by atoms with E-state index in [2.05, 4.69) is 20.5 Å². The molecule has 0 saturated heterocycles. The van der Waals surface area contributed by atoms with E-state index in [4.69, 9.17) is 4.74 Å². The van der Waals surface area contributed by atoms with Gasteiger partial charge in [0.15, 0.2) is 0 Å². The van der Waals surface area contributed by atoms with Crippen molar-refractivity contribution in [3.05, 3.63) is 11.6 Å². The van der Waals surface area contributed by atoms with Gasteiger partial charge in [-0.2, -0.15) is 0 Å². The van der Waals surface area contributed by atoms with Gasteiger partial charge in [-0.3, -0.25) is 9.89 Å². The van der Waals surface area contributed by atoms with Crippen LogP contribution in [0.4, 0.5) is 0 Å². The minimum Gasteiger partial charge on any atom is -0.379 e. The van der Waals surface area contributed by atoms with Gasteiger partial charge in [0.2, 0.25) is 5.82 Å². The second-order valence-electron chi connectivity index (χ2n) is 6.04. The van der Waals surface area contributed by atoms with Crippen LogP contribution in [-0.2, 0) is 10.2 Å². The first-order valence-corrected chi connectivity index (χ1v) is 6.68. The van der Waals surface area contributed by atoms with Crippen molar-refractivity contribution < 1.29 is 9.53 Å². The molecule has 1 amide bonds. The highest BCUT2D eigenvalue weighted by Gasteiger charge is 2.30. The van der Waals surface area contributed by atoms with Gasteiger partial charge in [-0.15, -0.1) is 5.10 Å². The predicted octanol–water partition coefficient (Wildman–Crippen LogP) is 1.40. The third-order valence-electron chi connectivity index (χ3n) is 3.47. The Balaban J connectivity index is 2.02. The number of methoxy groups -OCH3 is 1. The summed E-state index contributed by atoms with van der Waals surface area (Å²) in [6.07, 6.45) is 3.11. The number of amides is 1. The first-order chi connectivity index (χ1) is 8.91. The number of aromatic amines is 1. The lowest BCUT2D eigenvalue weighted by atomic mass is 9.96. The Hall–Kier alpha value is -1.43. The number of carbonyl (C=O) groups excluding carboxylic acids is 1. The smallest absolute Gasteiger partial charge is 0.291 e. The lowest BCUT2D eigenvalue weighted by molar-refractivity contribution is 0.0716. The molecule has 6 heteroatoms. The summed E-state index contributed by atoms with van der Waals surface area (Å²) in [4.78, 5) is 16.3. The number of ether oxygens (including phenoxy) is 1. The topological polar surface area (TPSA) is 79.9 Å². The standard InChI is InChI=1S/C13H22N4O2/c1-13(2,3)12-15-10(16-17-12)11(18)14-8-6-5-7-9(8)19-4/h8-9H,5-7H2,1-4H3,(H,14,18)(H,15,16,17). The number of rotatable bonds is 3. The van der Waals surface area contributed by atoms with E-state index in [0.29, 0.717) is 5.82 Å². The molecule has 19 heavy (non-hydrogen) atoms. The molecule has 1 aromatic heterocycles. The SMILES string of the molecule is COC1CCCC1NC(=O)c1n[nH]c(C(C)(C)C)n1. The number of aromatic nitrogens is 3. The zero-order valence-corrected chi connectivity index (χ0v) is 12.0. The maximum atomic E-state index is 12.1. The zero-order valence-electron chi connectivity index (χ0n) is 12.0. The van der Waals surface area contributed by atoms with Crippen LogP contribution in [0.2, 0.25) is 0 Å². The number of H-pyrrole nitrogens is 1. The fourth-order valence-electron chi connectivity index (χ4n) is 2.30. The van der Waals surface area contributed by atoms with E-state index in [0.717, 1.165) is 19.3 Å². The van der Waals surface area contributed by atoms with Crippen molar-refractivity contribution in [2.75, 3.05) is 7.11 Å². The molecule has 106 valence electrons. The lowest BCUT2D eigenvalue weighted by Gasteiger charge is -2.18. The summed E-state index contributed by atoms with van der Waals surface area (Å²) in [7, 11) is 1.68. The van der Waals surface area contributed by atoms with Crippen LogP contribution in [0.1, 0.15) is 56.5 Å². The summed E-state index contributed by atoms with van der Waals surface area (Å²) in [5, 5.41) is 9.76. The number of hydrogen-bond donors (Lipinski definition) is 2. The van der Waals surface area contributed by atoms with Crippen LogP contribution < -0.4 is 5.32 Å². The molecule has 1 saturated carbocycles. The summed E-state index contributed by atoms with van der Waals surface area (Å²) in [6, 6.07) is 0.0640. The maximum Gasteiger partial charge on any atom is 0.291 e. The van der Waals surface area contributed by atoms with Crippen LogP contribution in [0.25, 0.3) is 0 Å². The molecular weight excluding hydrogens is 244 g/mol. The van der Waals surface area contributed by atoms with E-state index >= 15 is 0 Å². The average Bonchev–Trinajstić information content (AvgIpc) is 2.95. The normalized spacial score (nSPS) is 23.6. The van der Waals surface area contributed by atoms with Gasteiger partial charge < -0.3 is 10.1 Å². The molecule has 0 spiro atoms. The fourth-order valence-corrected chi connectivity index (χ4v) is 2.30. The van der Waals surface area contributed by atoms with E-state index < -0.39 is 0 Å². The first-order valence-electron chi connectivity index (χ1n) is 6.68. The molecule has 1 aliphatic carbocycles. The molecule has 1 heterocycles. The van der Waals surface area contributed by atoms with Crippen LogP contribution in [-0.4, -0.2) is 40.3 Å². The largest absolute Gasteiger partial charge is 0.379 e. The van der Waals surface area contributed by atoms with Gasteiger partial charge in [0, 0.05) is 12.5 Å². The van der Waals surface area contributed by atoms with Crippen molar-refractivity contribution in [3.63, 3.8) is 0 Å². The summed E-state index contributed by atoms with van der Waals surface area (Å²) < 4.78 is 5.36. The molecule has 1 aromatic rings. The molecule has 0 aliphatic heterocycles. The van der Waals surface area contributed by atoms with Crippen LogP contribution in [0.15, 0.2) is 0 Å². The van der Waals surface area contributed by atoms with E-state index in [-0.39, 0.29) is 29.3 Å². The van der Waals surface area contributed by atoms with Crippen molar-refractivity contribution in [1.82, 2.24) is 20.5 Å². The average molecular weight is 266 g/mol. The third kappa shape index (κ3) is 3.12. The summed E-state index contributed by atoms with van der Waals surface area (Å²) >= 11 is 0. The molecule has 1 fully saturated rings. The van der Waals surface area contributed by atoms with Crippen molar-refractivity contribution in [3.8, 4) is 0 Å². The number of nitrogens with one attached hydrogen (secondary N) is 2. The van der Waals surface area contributed by atoms with Crippen molar-refractivity contribution in [1.29, 1.82) is 0 Å². The molecule has 6 nitrogen and oxygen atoms in total. The zero-order chi connectivity index (χ0) is 14.0. The quantitative estimate of drug-likeness (QED) is 0.866. The van der Waals surface area contributed by atoms with E-state index in [1.807, 2.05) is 20.8 Å². The highest BCUT2D eigenvalue weighted by atomic mass is 16.5. The Kier molecular flexibility index (Phi) is 3.89. The number of hydrogen-bond acceptors (Lipinski definition) is 4. The van der Waals surface area contributed by atoms with Crippen LogP contribution >= 0.6 is 0 Å². The summed E-state index contributed by atoms with van der Waals surface area (Å²) in [5.41, 5.74) is -0.145. The van der Waals surface area contributed by atoms with Crippen molar-refractivity contribution >= 4 is 5.91 Å². The Bertz CT molecular complexity index is 450. The minimum absolute atomic E-state index is 0.0640. The Morgan fingerprint density at radius 3 is 2.74 bits per heavy atom. The molecule has 1 aliphatic rings. The highest BCUT2D eigenvalue weighted by molar-refractivity contribution is 5.90. The van der Waals surface area contributed by atoms with Crippen LogP contribution in [0.3, 0.4) is 0 Å². The van der Waals surface area contributed by atoms with Gasteiger partial charge in [0.05, 0.1) is 12.1 Å². The molecule has 2 unspecified atom stereocenters. The van der Waals surface area contributed by atoms with Gasteiger partial charge in [-0.25, -0.2) is 4.98 Å². The third-order valence-corrected chi connectivity index (χ3v) is 3.47. The van der Waals surface area contributed by atoms with Crippen LogP contribution in [0.5, 0.6) is 0 Å². The van der Waals surface area contributed by atoms with Crippen LogP contribution in [0, 0.1) is 0 Å². The maximum absolute atomic E-state index is 12.1. The molecule has 0 radical (unpaired) electrons. The Morgan fingerprint density at radius 2 is 2.16 bits per heavy atom. The molecule has 2 rings (SSSR count). The molecule has 0 aromatic carbocycles. The lowest BCUT2D eigenvalue weighted by Crippen LogP contribution is -2.41. The number of nitrogens with zero attached hydrogens (tertiary/aromatic N) is 2. The van der Waals surface area contributed by atoms with Gasteiger partial charge in [0.1, 0.15) is 5.82 Å². The predicted molar refractivity (Wildman–Crippen MR) is 71.0 cm³/mol. The van der Waals surface area contributed by atoms with E-state index in [1.54, 1.807) is 7.11 Å². The van der Waals surface area contributed by atoms with Gasteiger partial charge in [0.25, 0.3) is 5.91 Å². The van der Waals surface area contributed by atoms with Gasteiger partial charge in [-0.05, 0) is 19.3 Å². The Morgan fingerprint density at radius 1 is 1.42 bits per heavy atom. The Labute approximate surface area is 113 Å². The minimum atomic E-state index is -0.235. The second-order valence-corrected chi connectivity index (χ2v) is 6.04. The molecule has 2 N–H and O–H groups in total. The van der Waals surface area contributed by atoms with E-state index in [9.17, 15) is 4.79 Å². The second kappa shape index (κ2) is 5.28. The highest BCUT2D eigenvalue weighted by Crippen LogP contribution is 2.22. The number of carbonyl (C=O) groups is 1. The molecule has 2 atom stereocenters. The molecular formula is C13H22N4O2. The van der Waals surface area contributed by atoms with Crippen molar-refractivity contribution in [2.45, 2.75) is 57.6 Å².